The van der Waals surface area contributed by atoms with Crippen molar-refractivity contribution in [3.8, 4) is 11.5 Å². The third kappa shape index (κ3) is 9.10. The maximum atomic E-state index is 12.2. The van der Waals surface area contributed by atoms with E-state index in [-0.39, 0.29) is 24.7 Å². The summed E-state index contributed by atoms with van der Waals surface area (Å²) in [6.45, 7) is 6.23. The van der Waals surface area contributed by atoms with Gasteiger partial charge in [0.1, 0.15) is 0 Å². The largest absolute Gasteiger partial charge is 0.457 e. The Morgan fingerprint density at radius 3 is 1.40 bits per heavy atom. The molecule has 0 unspecified atom stereocenters. The SMILES string of the molecule is CC(=O)O[C@@H]1[C@@H](OC(C)=O)[C@H](Oc2ccc3ccccc3c2O[C@@H]2OC[C@@H](OC(C)=O)[C@H](OC(C)=O)[C@H]2OC(C)=O)OC[C@H]1OC(C)=O. The second kappa shape index (κ2) is 15.8. The molecule has 0 spiro atoms. The van der Waals surface area contributed by atoms with Gasteiger partial charge in [0, 0.05) is 46.9 Å². The number of carbonyl (C=O) groups excluding carboxylic acids is 6. The molecule has 16 nitrogen and oxygen atoms in total. The van der Waals surface area contributed by atoms with Gasteiger partial charge < -0.3 is 47.4 Å². The van der Waals surface area contributed by atoms with E-state index in [0.717, 1.165) is 41.5 Å². The number of carbonyl (C=O) groups is 6. The standard InChI is InChI=1S/C32H36O16/c1-15(33)41-24-13-39-31(29(45-19(5)37)27(24)43-17(3)35)47-23-12-11-21-9-7-8-10-22(21)26(23)48-32-30(46-20(6)38)28(44-18(4)36)25(14-40-32)42-16(2)34/h7-12,24-25,27-32H,13-14H2,1-6H3/t24-,25-,27+,28+,29-,30-,31+,32+/m1/s1. The molecule has 2 aromatic rings. The van der Waals surface area contributed by atoms with E-state index in [2.05, 4.69) is 0 Å². The minimum absolute atomic E-state index is 0.0136. The second-order valence-corrected chi connectivity index (χ2v) is 10.8. The summed E-state index contributed by atoms with van der Waals surface area (Å²) >= 11 is 0. The lowest BCUT2D eigenvalue weighted by molar-refractivity contribution is -0.264. The molecule has 0 bridgehead atoms. The Morgan fingerprint density at radius 1 is 0.521 bits per heavy atom. The highest BCUT2D eigenvalue weighted by Crippen LogP contribution is 2.40. The highest BCUT2D eigenvalue weighted by molar-refractivity contribution is 5.90. The maximum Gasteiger partial charge on any atom is 0.303 e. The molecule has 48 heavy (non-hydrogen) atoms. The van der Waals surface area contributed by atoms with Crippen molar-refractivity contribution in [2.75, 3.05) is 13.2 Å². The molecule has 4 rings (SSSR count). The molecule has 0 aromatic heterocycles. The van der Waals surface area contributed by atoms with Crippen LogP contribution in [0.1, 0.15) is 41.5 Å². The molecule has 0 aliphatic carbocycles. The molecule has 2 aromatic carbocycles. The average Bonchev–Trinajstić information content (AvgIpc) is 2.98. The van der Waals surface area contributed by atoms with Gasteiger partial charge in [0.25, 0.3) is 0 Å². The zero-order chi connectivity index (χ0) is 35.1. The van der Waals surface area contributed by atoms with Gasteiger partial charge in [-0.25, -0.2) is 0 Å². The monoisotopic (exact) mass is 676 g/mol. The molecule has 0 saturated carbocycles. The van der Waals surface area contributed by atoms with E-state index in [4.69, 9.17) is 47.4 Å². The molecule has 16 heteroatoms. The summed E-state index contributed by atoms with van der Waals surface area (Å²) in [7, 11) is 0. The lowest BCUT2D eigenvalue weighted by Crippen LogP contribution is -2.59. The van der Waals surface area contributed by atoms with Gasteiger partial charge in [0.05, 0.1) is 13.2 Å². The van der Waals surface area contributed by atoms with Crippen LogP contribution in [-0.2, 0) is 66.7 Å². The predicted molar refractivity (Wildman–Crippen MR) is 158 cm³/mol. The zero-order valence-electron chi connectivity index (χ0n) is 27.0. The Labute approximate surface area is 274 Å². The van der Waals surface area contributed by atoms with Crippen LogP contribution in [0.5, 0.6) is 11.5 Å². The van der Waals surface area contributed by atoms with E-state index in [1.165, 1.54) is 6.07 Å². The van der Waals surface area contributed by atoms with Crippen LogP contribution < -0.4 is 9.47 Å². The molecule has 2 aliphatic rings. The van der Waals surface area contributed by atoms with Gasteiger partial charge >= 0.3 is 35.8 Å². The van der Waals surface area contributed by atoms with Crippen molar-refractivity contribution >= 4 is 46.6 Å². The van der Waals surface area contributed by atoms with Crippen molar-refractivity contribution in [3.05, 3.63) is 36.4 Å². The third-order valence-corrected chi connectivity index (χ3v) is 6.93. The van der Waals surface area contributed by atoms with Crippen molar-refractivity contribution in [2.45, 2.75) is 90.7 Å². The van der Waals surface area contributed by atoms with Gasteiger partial charge in [-0.2, -0.15) is 0 Å². The van der Waals surface area contributed by atoms with E-state index in [0.29, 0.717) is 10.8 Å². The first-order valence-corrected chi connectivity index (χ1v) is 14.8. The van der Waals surface area contributed by atoms with Crippen LogP contribution in [-0.4, -0.2) is 98.2 Å². The smallest absolute Gasteiger partial charge is 0.303 e. The first kappa shape index (κ1) is 35.9. The molecule has 2 fully saturated rings. The lowest BCUT2D eigenvalue weighted by Gasteiger charge is -2.41. The predicted octanol–water partition coefficient (Wildman–Crippen LogP) is 1.90. The molecule has 2 aliphatic heterocycles. The highest BCUT2D eigenvalue weighted by Gasteiger charge is 2.50. The van der Waals surface area contributed by atoms with Crippen LogP contribution in [0.15, 0.2) is 36.4 Å². The number of hydrogen-bond donors (Lipinski definition) is 0. The summed E-state index contributed by atoms with van der Waals surface area (Å²) in [4.78, 5) is 72.0. The molecule has 2 saturated heterocycles. The summed E-state index contributed by atoms with van der Waals surface area (Å²) < 4.78 is 56.6. The molecule has 0 radical (unpaired) electrons. The number of esters is 6. The fourth-order valence-corrected chi connectivity index (χ4v) is 5.30. The summed E-state index contributed by atoms with van der Waals surface area (Å²) in [5, 5.41) is 1.17. The number of ether oxygens (including phenoxy) is 10. The van der Waals surface area contributed by atoms with E-state index >= 15 is 0 Å². The van der Waals surface area contributed by atoms with Crippen molar-refractivity contribution in [1.82, 2.24) is 0 Å². The summed E-state index contributed by atoms with van der Waals surface area (Å²) in [5.74, 6) is -4.36. The van der Waals surface area contributed by atoms with Crippen LogP contribution in [0, 0.1) is 0 Å². The molecule has 2 heterocycles. The van der Waals surface area contributed by atoms with E-state index < -0.39 is 85.0 Å². The van der Waals surface area contributed by atoms with Crippen molar-refractivity contribution in [2.24, 2.45) is 0 Å². The Kier molecular flexibility index (Phi) is 11.8. The van der Waals surface area contributed by atoms with Gasteiger partial charge in [-0.15, -0.1) is 0 Å². The van der Waals surface area contributed by atoms with Crippen molar-refractivity contribution in [3.63, 3.8) is 0 Å². The summed E-state index contributed by atoms with van der Waals surface area (Å²) in [6, 6.07) is 10.2. The molecule has 0 amide bonds. The lowest BCUT2D eigenvalue weighted by atomic mass is 10.0. The second-order valence-electron chi connectivity index (χ2n) is 10.8. The first-order valence-electron chi connectivity index (χ1n) is 14.8. The molecular weight excluding hydrogens is 640 g/mol. The summed E-state index contributed by atoms with van der Waals surface area (Å²) in [6.07, 6.45) is -10.6. The minimum Gasteiger partial charge on any atom is -0.457 e. The molecular formula is C32H36O16. The van der Waals surface area contributed by atoms with Crippen LogP contribution >= 0.6 is 0 Å². The molecule has 8 atom stereocenters. The van der Waals surface area contributed by atoms with E-state index in [9.17, 15) is 28.8 Å². The topological polar surface area (TPSA) is 195 Å². The minimum atomic E-state index is -1.43. The van der Waals surface area contributed by atoms with Crippen LogP contribution in [0.4, 0.5) is 0 Å². The Bertz CT molecular complexity index is 1540. The van der Waals surface area contributed by atoms with E-state index in [1.807, 2.05) is 0 Å². The maximum absolute atomic E-state index is 12.2. The fraction of sp³-hybridized carbons (Fsp3) is 0.500. The van der Waals surface area contributed by atoms with Gasteiger partial charge in [0.2, 0.25) is 24.8 Å². The summed E-state index contributed by atoms with van der Waals surface area (Å²) in [5.41, 5.74) is 0. The Hall–Kier alpha value is -4.96. The average molecular weight is 677 g/mol. The highest BCUT2D eigenvalue weighted by atomic mass is 16.7. The number of fused-ring (bicyclic) bond motifs is 1. The van der Waals surface area contributed by atoms with Gasteiger partial charge in [-0.3, -0.25) is 28.8 Å². The van der Waals surface area contributed by atoms with Crippen LogP contribution in [0.3, 0.4) is 0 Å². The van der Waals surface area contributed by atoms with Crippen molar-refractivity contribution < 1.29 is 76.1 Å². The normalized spacial score (nSPS) is 26.7. The van der Waals surface area contributed by atoms with Crippen LogP contribution in [0.2, 0.25) is 0 Å². The number of hydrogen-bond acceptors (Lipinski definition) is 16. The zero-order valence-corrected chi connectivity index (χ0v) is 27.0. The molecule has 0 N–H and O–H groups in total. The fourth-order valence-electron chi connectivity index (χ4n) is 5.30. The van der Waals surface area contributed by atoms with E-state index in [1.54, 1.807) is 30.3 Å². The number of rotatable bonds is 10. The quantitative estimate of drug-likeness (QED) is 0.261. The number of benzene rings is 2. The van der Waals surface area contributed by atoms with Gasteiger partial charge in [0.15, 0.2) is 35.9 Å². The molecule has 260 valence electrons. The Balaban J connectivity index is 1.75. The first-order chi connectivity index (χ1) is 22.7. The van der Waals surface area contributed by atoms with Gasteiger partial charge in [-0.05, 0) is 11.5 Å². The van der Waals surface area contributed by atoms with Crippen molar-refractivity contribution in [1.29, 1.82) is 0 Å². The van der Waals surface area contributed by atoms with Gasteiger partial charge in [-0.1, -0.05) is 30.3 Å². The Morgan fingerprint density at radius 2 is 0.938 bits per heavy atom. The van der Waals surface area contributed by atoms with Crippen LogP contribution in [0.25, 0.3) is 10.8 Å². The third-order valence-electron chi connectivity index (χ3n) is 6.93.